The van der Waals surface area contributed by atoms with Crippen LogP contribution >= 0.6 is 15.9 Å². The molecule has 0 aliphatic heterocycles. The third-order valence-electron chi connectivity index (χ3n) is 1.83. The number of halogens is 1. The lowest BCUT2D eigenvalue weighted by atomic mass is 10.2. The van der Waals surface area contributed by atoms with Crippen LogP contribution in [-0.2, 0) is 4.74 Å². The van der Waals surface area contributed by atoms with Crippen molar-refractivity contribution in [2.24, 2.45) is 0 Å². The summed E-state index contributed by atoms with van der Waals surface area (Å²) >= 11 is 3.28. The second-order valence-electron chi connectivity index (χ2n) is 4.69. The molecule has 5 heteroatoms. The SMILES string of the molecule is CC(C)(C)OC(=O)Nc1cccc(OCCBr)c1. The Balaban J connectivity index is 2.59. The van der Waals surface area contributed by atoms with Gasteiger partial charge in [-0.3, -0.25) is 5.32 Å². The predicted octanol–water partition coefficient (Wildman–Crippen LogP) is 3.81. The van der Waals surface area contributed by atoms with E-state index in [4.69, 9.17) is 9.47 Å². The minimum atomic E-state index is -0.506. The van der Waals surface area contributed by atoms with Crippen LogP contribution in [0.2, 0.25) is 0 Å². The molecule has 0 aliphatic rings. The molecular formula is C13H18BrNO3. The largest absolute Gasteiger partial charge is 0.493 e. The van der Waals surface area contributed by atoms with Gasteiger partial charge in [0.15, 0.2) is 0 Å². The smallest absolute Gasteiger partial charge is 0.412 e. The lowest BCUT2D eigenvalue weighted by Gasteiger charge is -2.19. The van der Waals surface area contributed by atoms with E-state index in [-0.39, 0.29) is 0 Å². The first-order valence-electron chi connectivity index (χ1n) is 5.69. The topological polar surface area (TPSA) is 47.6 Å². The molecule has 0 saturated heterocycles. The van der Waals surface area contributed by atoms with Crippen LogP contribution < -0.4 is 10.1 Å². The number of rotatable bonds is 4. The van der Waals surface area contributed by atoms with Crippen molar-refractivity contribution in [3.8, 4) is 5.75 Å². The molecule has 1 N–H and O–H groups in total. The maximum atomic E-state index is 11.6. The first-order valence-corrected chi connectivity index (χ1v) is 6.82. The zero-order chi connectivity index (χ0) is 13.6. The molecule has 0 atom stereocenters. The Kier molecular flexibility index (Phi) is 5.47. The maximum Gasteiger partial charge on any atom is 0.412 e. The number of benzene rings is 1. The highest BCUT2D eigenvalue weighted by molar-refractivity contribution is 9.09. The third-order valence-corrected chi connectivity index (χ3v) is 2.15. The van der Waals surface area contributed by atoms with Gasteiger partial charge in [0.25, 0.3) is 0 Å². The van der Waals surface area contributed by atoms with Crippen molar-refractivity contribution in [2.75, 3.05) is 17.3 Å². The summed E-state index contributed by atoms with van der Waals surface area (Å²) in [5.41, 5.74) is 0.144. The van der Waals surface area contributed by atoms with Gasteiger partial charge in [0.05, 0.1) is 6.61 Å². The van der Waals surface area contributed by atoms with E-state index in [1.807, 2.05) is 32.9 Å². The van der Waals surface area contributed by atoms with Gasteiger partial charge < -0.3 is 9.47 Å². The van der Waals surface area contributed by atoms with E-state index in [0.29, 0.717) is 18.0 Å². The van der Waals surface area contributed by atoms with Crippen LogP contribution in [0.5, 0.6) is 5.75 Å². The average molecular weight is 316 g/mol. The number of ether oxygens (including phenoxy) is 2. The molecule has 0 radical (unpaired) electrons. The summed E-state index contributed by atoms with van der Waals surface area (Å²) in [6.07, 6.45) is -0.472. The third kappa shape index (κ3) is 5.91. The molecule has 0 aromatic heterocycles. The number of nitrogens with one attached hydrogen (secondary N) is 1. The Morgan fingerprint density at radius 2 is 2.11 bits per heavy atom. The van der Waals surface area contributed by atoms with Gasteiger partial charge in [-0.25, -0.2) is 4.79 Å². The summed E-state index contributed by atoms with van der Waals surface area (Å²) in [4.78, 5) is 11.6. The van der Waals surface area contributed by atoms with Gasteiger partial charge in [0.1, 0.15) is 11.4 Å². The number of hydrogen-bond donors (Lipinski definition) is 1. The number of carbonyl (C=O) groups excluding carboxylic acids is 1. The van der Waals surface area contributed by atoms with E-state index < -0.39 is 11.7 Å². The second-order valence-corrected chi connectivity index (χ2v) is 5.49. The van der Waals surface area contributed by atoms with E-state index in [1.54, 1.807) is 12.1 Å². The normalized spacial score (nSPS) is 10.9. The van der Waals surface area contributed by atoms with Crippen molar-refractivity contribution in [2.45, 2.75) is 26.4 Å². The van der Waals surface area contributed by atoms with Crippen molar-refractivity contribution in [1.82, 2.24) is 0 Å². The van der Waals surface area contributed by atoms with Crippen molar-refractivity contribution in [3.05, 3.63) is 24.3 Å². The highest BCUT2D eigenvalue weighted by atomic mass is 79.9. The van der Waals surface area contributed by atoms with Gasteiger partial charge in [-0.05, 0) is 32.9 Å². The lowest BCUT2D eigenvalue weighted by molar-refractivity contribution is 0.0636. The molecule has 0 unspecified atom stereocenters. The van der Waals surface area contributed by atoms with Crippen LogP contribution in [0.3, 0.4) is 0 Å². The van der Waals surface area contributed by atoms with Crippen LogP contribution in [0, 0.1) is 0 Å². The fourth-order valence-electron chi connectivity index (χ4n) is 1.24. The van der Waals surface area contributed by atoms with E-state index in [1.165, 1.54) is 0 Å². The zero-order valence-electron chi connectivity index (χ0n) is 10.8. The van der Waals surface area contributed by atoms with Crippen molar-refractivity contribution >= 4 is 27.7 Å². The van der Waals surface area contributed by atoms with Crippen molar-refractivity contribution in [1.29, 1.82) is 0 Å². The lowest BCUT2D eigenvalue weighted by Crippen LogP contribution is -2.27. The molecule has 0 aliphatic carbocycles. The van der Waals surface area contributed by atoms with Gasteiger partial charge in [0.2, 0.25) is 0 Å². The standard InChI is InChI=1S/C13H18BrNO3/c1-13(2,3)18-12(16)15-10-5-4-6-11(9-10)17-8-7-14/h4-6,9H,7-8H2,1-3H3,(H,15,16). The summed E-state index contributed by atoms with van der Waals surface area (Å²) in [7, 11) is 0. The van der Waals surface area contributed by atoms with E-state index >= 15 is 0 Å². The van der Waals surface area contributed by atoms with Crippen LogP contribution in [0.25, 0.3) is 0 Å². The summed E-state index contributed by atoms with van der Waals surface area (Å²) in [6.45, 7) is 6.04. The molecule has 1 amide bonds. The van der Waals surface area contributed by atoms with Gasteiger partial charge in [-0.15, -0.1) is 0 Å². The summed E-state index contributed by atoms with van der Waals surface area (Å²) in [5.74, 6) is 0.711. The van der Waals surface area contributed by atoms with Crippen molar-refractivity contribution in [3.63, 3.8) is 0 Å². The molecule has 18 heavy (non-hydrogen) atoms. The molecule has 4 nitrogen and oxygen atoms in total. The summed E-state index contributed by atoms with van der Waals surface area (Å²) in [5, 5.41) is 3.42. The first-order chi connectivity index (χ1) is 8.40. The Morgan fingerprint density at radius 1 is 1.39 bits per heavy atom. The Morgan fingerprint density at radius 3 is 2.72 bits per heavy atom. The van der Waals surface area contributed by atoms with Crippen LogP contribution in [0.15, 0.2) is 24.3 Å². The predicted molar refractivity (Wildman–Crippen MR) is 75.6 cm³/mol. The molecule has 0 saturated carbocycles. The van der Waals surface area contributed by atoms with Gasteiger partial charge in [0, 0.05) is 17.1 Å². The number of alkyl halides is 1. The van der Waals surface area contributed by atoms with Crippen LogP contribution in [-0.4, -0.2) is 23.6 Å². The number of amides is 1. The highest BCUT2D eigenvalue weighted by Gasteiger charge is 2.16. The molecule has 1 aromatic carbocycles. The van der Waals surface area contributed by atoms with Gasteiger partial charge in [-0.2, -0.15) is 0 Å². The van der Waals surface area contributed by atoms with Crippen LogP contribution in [0.1, 0.15) is 20.8 Å². The Labute approximate surface area is 116 Å². The maximum absolute atomic E-state index is 11.6. The highest BCUT2D eigenvalue weighted by Crippen LogP contribution is 2.18. The average Bonchev–Trinajstić information content (AvgIpc) is 2.24. The number of carbonyl (C=O) groups is 1. The fourth-order valence-corrected chi connectivity index (χ4v) is 1.40. The summed E-state index contributed by atoms with van der Waals surface area (Å²) in [6, 6.07) is 7.19. The molecule has 100 valence electrons. The second kappa shape index (κ2) is 6.64. The first kappa shape index (κ1) is 14.8. The quantitative estimate of drug-likeness (QED) is 0.859. The molecule has 0 spiro atoms. The van der Waals surface area contributed by atoms with Crippen molar-refractivity contribution < 1.29 is 14.3 Å². The Bertz CT molecular complexity index is 401. The number of hydrogen-bond acceptors (Lipinski definition) is 3. The van der Waals surface area contributed by atoms with Gasteiger partial charge >= 0.3 is 6.09 Å². The number of anilines is 1. The van der Waals surface area contributed by atoms with E-state index in [2.05, 4.69) is 21.2 Å². The monoisotopic (exact) mass is 315 g/mol. The van der Waals surface area contributed by atoms with Crippen LogP contribution in [0.4, 0.5) is 10.5 Å². The van der Waals surface area contributed by atoms with E-state index in [9.17, 15) is 4.79 Å². The minimum Gasteiger partial charge on any atom is -0.493 e. The molecule has 1 aromatic rings. The molecule has 0 heterocycles. The molecule has 0 bridgehead atoms. The van der Waals surface area contributed by atoms with Gasteiger partial charge in [-0.1, -0.05) is 22.0 Å². The molecule has 0 fully saturated rings. The minimum absolute atomic E-state index is 0.472. The van der Waals surface area contributed by atoms with E-state index in [0.717, 1.165) is 5.33 Å². The molecule has 1 rings (SSSR count). The fraction of sp³-hybridized carbons (Fsp3) is 0.462. The zero-order valence-corrected chi connectivity index (χ0v) is 12.4. The molecular weight excluding hydrogens is 298 g/mol. The summed E-state index contributed by atoms with van der Waals surface area (Å²) < 4.78 is 10.6. The Hall–Kier alpha value is -1.23.